The number of ether oxygens (including phenoxy) is 1. The molecule has 1 unspecified atom stereocenters. The number of piperidine rings is 1. The van der Waals surface area contributed by atoms with E-state index in [-0.39, 0.29) is 17.4 Å². The summed E-state index contributed by atoms with van der Waals surface area (Å²) in [5, 5.41) is 0. The normalized spacial score (nSPS) is 17.2. The fourth-order valence-corrected chi connectivity index (χ4v) is 4.03. The lowest BCUT2D eigenvalue weighted by Crippen LogP contribution is -2.40. The van der Waals surface area contributed by atoms with Crippen LogP contribution in [0.15, 0.2) is 40.0 Å². The zero-order chi connectivity index (χ0) is 18.5. The Morgan fingerprint density at radius 3 is 3.04 bits per heavy atom. The van der Waals surface area contributed by atoms with Crippen molar-refractivity contribution in [2.75, 3.05) is 26.0 Å². The van der Waals surface area contributed by atoms with E-state index < -0.39 is 0 Å². The van der Waals surface area contributed by atoms with Crippen molar-refractivity contribution in [2.24, 2.45) is 0 Å². The Labute approximate surface area is 157 Å². The predicted molar refractivity (Wildman–Crippen MR) is 102 cm³/mol. The van der Waals surface area contributed by atoms with Crippen molar-refractivity contribution >= 4 is 17.7 Å². The van der Waals surface area contributed by atoms with Gasteiger partial charge in [0.05, 0.1) is 18.6 Å². The van der Waals surface area contributed by atoms with Gasteiger partial charge in [-0.1, -0.05) is 6.07 Å². The van der Waals surface area contributed by atoms with Crippen molar-refractivity contribution in [3.63, 3.8) is 0 Å². The molecule has 3 rings (SSSR count). The molecule has 1 N–H and O–H groups in total. The number of likely N-dealkylation sites (tertiary alicyclic amines) is 1. The maximum atomic E-state index is 12.6. The lowest BCUT2D eigenvalue weighted by atomic mass is 9.94. The van der Waals surface area contributed by atoms with Gasteiger partial charge in [-0.2, -0.15) is 0 Å². The summed E-state index contributed by atoms with van der Waals surface area (Å²) in [6.45, 7) is 3.16. The van der Waals surface area contributed by atoms with Crippen LogP contribution in [0.2, 0.25) is 0 Å². The molecule has 0 bridgehead atoms. The van der Waals surface area contributed by atoms with Gasteiger partial charge in [0.2, 0.25) is 5.91 Å². The monoisotopic (exact) mass is 373 g/mol. The first-order valence-electron chi connectivity index (χ1n) is 8.67. The molecule has 1 fully saturated rings. The van der Waals surface area contributed by atoms with E-state index in [0.29, 0.717) is 18.1 Å². The SMILES string of the molecule is COc1cccc(SCC(=O)N2CCCC(c3cc(=O)[nH]c(C)n3)C2)c1. The number of thioether (sulfide) groups is 1. The Morgan fingerprint density at radius 1 is 1.42 bits per heavy atom. The van der Waals surface area contributed by atoms with Crippen molar-refractivity contribution < 1.29 is 9.53 Å². The second kappa shape index (κ2) is 8.40. The Bertz CT molecular complexity index is 837. The minimum absolute atomic E-state index is 0.115. The van der Waals surface area contributed by atoms with Gasteiger partial charge in [-0.15, -0.1) is 11.8 Å². The van der Waals surface area contributed by atoms with E-state index in [0.717, 1.165) is 35.7 Å². The molecule has 1 atom stereocenters. The van der Waals surface area contributed by atoms with E-state index in [4.69, 9.17) is 4.74 Å². The second-order valence-electron chi connectivity index (χ2n) is 6.40. The summed E-state index contributed by atoms with van der Waals surface area (Å²) in [6, 6.07) is 9.26. The van der Waals surface area contributed by atoms with Gasteiger partial charge in [0.1, 0.15) is 11.6 Å². The molecule has 0 saturated carbocycles. The number of aryl methyl sites for hydroxylation is 1. The molecule has 0 aliphatic carbocycles. The standard InChI is InChI=1S/C19H23N3O3S/c1-13-20-17(10-18(23)21-13)14-5-4-8-22(11-14)19(24)12-26-16-7-3-6-15(9-16)25-2/h3,6-7,9-10,14H,4-5,8,11-12H2,1-2H3,(H,20,21,23). The largest absolute Gasteiger partial charge is 0.497 e. The molecule has 1 saturated heterocycles. The number of H-pyrrole nitrogens is 1. The summed E-state index contributed by atoms with van der Waals surface area (Å²) in [4.78, 5) is 34.3. The van der Waals surface area contributed by atoms with Crippen LogP contribution in [0.4, 0.5) is 0 Å². The smallest absolute Gasteiger partial charge is 0.251 e. The number of rotatable bonds is 5. The van der Waals surface area contributed by atoms with Crippen LogP contribution in [0, 0.1) is 6.92 Å². The third-order valence-electron chi connectivity index (χ3n) is 4.48. The second-order valence-corrected chi connectivity index (χ2v) is 7.45. The first-order chi connectivity index (χ1) is 12.5. The molecule has 1 aliphatic heterocycles. The quantitative estimate of drug-likeness (QED) is 0.816. The number of aromatic nitrogens is 2. The number of nitrogens with one attached hydrogen (secondary N) is 1. The molecular weight excluding hydrogens is 350 g/mol. The summed E-state index contributed by atoms with van der Waals surface area (Å²) in [6.07, 6.45) is 1.87. The van der Waals surface area contributed by atoms with Crippen LogP contribution < -0.4 is 10.3 Å². The molecule has 2 heterocycles. The van der Waals surface area contributed by atoms with Crippen LogP contribution in [0.3, 0.4) is 0 Å². The van der Waals surface area contributed by atoms with Crippen molar-refractivity contribution in [3.8, 4) is 5.75 Å². The maximum absolute atomic E-state index is 12.6. The maximum Gasteiger partial charge on any atom is 0.251 e. The highest BCUT2D eigenvalue weighted by Gasteiger charge is 2.26. The number of nitrogens with zero attached hydrogens (tertiary/aromatic N) is 2. The molecule has 1 aromatic heterocycles. The summed E-state index contributed by atoms with van der Waals surface area (Å²) in [5.41, 5.74) is 0.647. The minimum Gasteiger partial charge on any atom is -0.497 e. The molecule has 138 valence electrons. The van der Waals surface area contributed by atoms with Gasteiger partial charge in [0.15, 0.2) is 0 Å². The van der Waals surface area contributed by atoms with E-state index in [1.165, 1.54) is 11.8 Å². The fourth-order valence-electron chi connectivity index (χ4n) is 3.18. The summed E-state index contributed by atoms with van der Waals surface area (Å²) >= 11 is 1.51. The number of aromatic amines is 1. The molecule has 1 aliphatic rings. The summed E-state index contributed by atoms with van der Waals surface area (Å²) in [7, 11) is 1.63. The molecule has 0 radical (unpaired) electrons. The van der Waals surface area contributed by atoms with E-state index >= 15 is 0 Å². The molecular formula is C19H23N3O3S. The summed E-state index contributed by atoms with van der Waals surface area (Å²) < 4.78 is 5.22. The molecule has 6 nitrogen and oxygen atoms in total. The zero-order valence-electron chi connectivity index (χ0n) is 15.0. The van der Waals surface area contributed by atoms with Gasteiger partial charge in [0.25, 0.3) is 5.56 Å². The molecule has 1 aromatic carbocycles. The lowest BCUT2D eigenvalue weighted by molar-refractivity contribution is -0.129. The highest BCUT2D eigenvalue weighted by atomic mass is 32.2. The Morgan fingerprint density at radius 2 is 2.27 bits per heavy atom. The average molecular weight is 373 g/mol. The van der Waals surface area contributed by atoms with Gasteiger partial charge in [0, 0.05) is 30.0 Å². The highest BCUT2D eigenvalue weighted by Crippen LogP contribution is 2.27. The number of amides is 1. The van der Waals surface area contributed by atoms with Gasteiger partial charge in [-0.3, -0.25) is 9.59 Å². The van der Waals surface area contributed by atoms with Crippen LogP contribution in [-0.4, -0.2) is 46.7 Å². The molecule has 2 aromatic rings. The van der Waals surface area contributed by atoms with Crippen molar-refractivity contribution in [3.05, 3.63) is 52.2 Å². The Balaban J connectivity index is 1.61. The minimum atomic E-state index is -0.135. The van der Waals surface area contributed by atoms with Gasteiger partial charge in [-0.05, 0) is 38.0 Å². The average Bonchev–Trinajstić information content (AvgIpc) is 2.65. The van der Waals surface area contributed by atoms with Gasteiger partial charge < -0.3 is 14.6 Å². The highest BCUT2D eigenvalue weighted by molar-refractivity contribution is 8.00. The Kier molecular flexibility index (Phi) is 5.98. The third-order valence-corrected chi connectivity index (χ3v) is 5.45. The van der Waals surface area contributed by atoms with Crippen LogP contribution in [-0.2, 0) is 4.79 Å². The van der Waals surface area contributed by atoms with Crippen molar-refractivity contribution in [1.29, 1.82) is 0 Å². The fraction of sp³-hybridized carbons (Fsp3) is 0.421. The van der Waals surface area contributed by atoms with Crippen molar-refractivity contribution in [1.82, 2.24) is 14.9 Å². The Hall–Kier alpha value is -2.28. The number of benzene rings is 1. The van der Waals surface area contributed by atoms with Crippen LogP contribution >= 0.6 is 11.8 Å². The van der Waals surface area contributed by atoms with Gasteiger partial charge >= 0.3 is 0 Å². The molecule has 1 amide bonds. The van der Waals surface area contributed by atoms with E-state index in [9.17, 15) is 9.59 Å². The van der Waals surface area contributed by atoms with Crippen molar-refractivity contribution in [2.45, 2.75) is 30.6 Å². The topological polar surface area (TPSA) is 75.3 Å². The number of carbonyl (C=O) groups excluding carboxylic acids is 1. The lowest BCUT2D eigenvalue weighted by Gasteiger charge is -2.32. The number of hydrogen-bond acceptors (Lipinski definition) is 5. The first kappa shape index (κ1) is 18.5. The van der Waals surface area contributed by atoms with E-state index in [2.05, 4.69) is 9.97 Å². The van der Waals surface area contributed by atoms with Crippen LogP contribution in [0.1, 0.15) is 30.3 Å². The zero-order valence-corrected chi connectivity index (χ0v) is 15.8. The molecule has 26 heavy (non-hydrogen) atoms. The van der Waals surface area contributed by atoms with Crippen LogP contribution in [0.5, 0.6) is 5.75 Å². The number of hydrogen-bond donors (Lipinski definition) is 1. The van der Waals surface area contributed by atoms with Gasteiger partial charge in [-0.25, -0.2) is 4.98 Å². The van der Waals surface area contributed by atoms with Crippen LogP contribution in [0.25, 0.3) is 0 Å². The first-order valence-corrected chi connectivity index (χ1v) is 9.66. The van der Waals surface area contributed by atoms with E-state index in [1.807, 2.05) is 29.2 Å². The number of carbonyl (C=O) groups is 1. The molecule has 7 heteroatoms. The third kappa shape index (κ3) is 4.66. The van der Waals surface area contributed by atoms with E-state index in [1.54, 1.807) is 20.1 Å². The predicted octanol–water partition coefficient (Wildman–Crippen LogP) is 2.59. The number of methoxy groups -OCH3 is 1. The summed E-state index contributed by atoms with van der Waals surface area (Å²) in [5.74, 6) is 2.03. The molecule has 0 spiro atoms.